The van der Waals surface area contributed by atoms with E-state index in [0.717, 1.165) is 19.1 Å². The first kappa shape index (κ1) is 8.97. The van der Waals surface area contributed by atoms with Crippen LogP contribution in [0.5, 0.6) is 0 Å². The van der Waals surface area contributed by atoms with Crippen molar-refractivity contribution in [3.8, 4) is 0 Å². The van der Waals surface area contributed by atoms with Crippen LogP contribution < -0.4 is 10.6 Å². The van der Waals surface area contributed by atoms with Crippen LogP contribution in [0, 0.1) is 0 Å². The van der Waals surface area contributed by atoms with Crippen LogP contribution >= 0.6 is 0 Å². The molecule has 0 aromatic rings. The lowest BCUT2D eigenvalue weighted by Crippen LogP contribution is -2.35. The summed E-state index contributed by atoms with van der Waals surface area (Å²) in [5.41, 5.74) is 0. The van der Waals surface area contributed by atoms with Gasteiger partial charge in [0.05, 0.1) is 0 Å². The summed E-state index contributed by atoms with van der Waals surface area (Å²) in [7, 11) is 4.17. The molecule has 11 heavy (non-hydrogen) atoms. The zero-order chi connectivity index (χ0) is 8.10. The molecule has 0 saturated carbocycles. The predicted molar refractivity (Wildman–Crippen MR) is 47.8 cm³/mol. The molecule has 2 N–H and O–H groups in total. The smallest absolute Gasteiger partial charge is 0.0207 e. The van der Waals surface area contributed by atoms with Crippen molar-refractivity contribution in [3.63, 3.8) is 0 Å². The molecule has 1 saturated heterocycles. The number of likely N-dealkylation sites (N-methyl/N-ethyl adjacent to an activating group) is 2. The fourth-order valence-electron chi connectivity index (χ4n) is 1.50. The van der Waals surface area contributed by atoms with Gasteiger partial charge >= 0.3 is 0 Å². The second-order valence-electron chi connectivity index (χ2n) is 3.31. The van der Waals surface area contributed by atoms with Crippen LogP contribution in [0.2, 0.25) is 0 Å². The third kappa shape index (κ3) is 3.18. The summed E-state index contributed by atoms with van der Waals surface area (Å²) >= 11 is 0. The quantitative estimate of drug-likeness (QED) is 0.539. The summed E-state index contributed by atoms with van der Waals surface area (Å²) in [6, 6.07) is 0.730. The normalized spacial score (nSPS) is 26.2. The van der Waals surface area contributed by atoms with Crippen molar-refractivity contribution in [2.75, 3.05) is 40.3 Å². The second-order valence-corrected chi connectivity index (χ2v) is 3.31. The zero-order valence-corrected chi connectivity index (χ0v) is 7.56. The molecule has 1 unspecified atom stereocenters. The fraction of sp³-hybridized carbons (Fsp3) is 1.00. The molecule has 0 bridgehead atoms. The maximum atomic E-state index is 3.51. The van der Waals surface area contributed by atoms with E-state index in [1.165, 1.54) is 19.5 Å². The Labute approximate surface area is 69.1 Å². The first-order chi connectivity index (χ1) is 5.33. The lowest BCUT2D eigenvalue weighted by atomic mass is 10.2. The highest BCUT2D eigenvalue weighted by Gasteiger charge is 2.17. The molecular formula is C8H19N3. The van der Waals surface area contributed by atoms with Crippen LogP contribution in [-0.4, -0.2) is 51.2 Å². The van der Waals surface area contributed by atoms with Crippen LogP contribution in [0.4, 0.5) is 0 Å². The van der Waals surface area contributed by atoms with Crippen LogP contribution in [0.25, 0.3) is 0 Å². The average Bonchev–Trinajstić information content (AvgIpc) is 2.37. The van der Waals surface area contributed by atoms with Crippen molar-refractivity contribution in [1.29, 1.82) is 0 Å². The Hall–Kier alpha value is -0.120. The average molecular weight is 157 g/mol. The molecule has 1 rings (SSSR count). The van der Waals surface area contributed by atoms with Crippen LogP contribution in [0.1, 0.15) is 6.42 Å². The lowest BCUT2D eigenvalue weighted by molar-refractivity contribution is 0.398. The second kappa shape index (κ2) is 4.70. The summed E-state index contributed by atoms with van der Waals surface area (Å²) in [5, 5.41) is 6.64. The summed E-state index contributed by atoms with van der Waals surface area (Å²) in [5.74, 6) is 0. The minimum Gasteiger partial charge on any atom is -0.318 e. The Morgan fingerprint density at radius 3 is 2.82 bits per heavy atom. The molecule has 0 aromatic heterocycles. The summed E-state index contributed by atoms with van der Waals surface area (Å²) < 4.78 is 0. The van der Waals surface area contributed by atoms with Gasteiger partial charge in [0.15, 0.2) is 0 Å². The number of nitrogens with zero attached hydrogens (tertiary/aromatic N) is 1. The van der Waals surface area contributed by atoms with Gasteiger partial charge in [-0.1, -0.05) is 0 Å². The first-order valence-electron chi connectivity index (χ1n) is 4.39. The number of likely N-dealkylation sites (tertiary alicyclic amines) is 1. The molecule has 0 amide bonds. The topological polar surface area (TPSA) is 27.3 Å². The summed E-state index contributed by atoms with van der Waals surface area (Å²) in [4.78, 5) is 2.37. The Kier molecular flexibility index (Phi) is 3.83. The Bertz CT molecular complexity index is 106. The molecule has 1 heterocycles. The van der Waals surface area contributed by atoms with Crippen LogP contribution in [0.3, 0.4) is 0 Å². The number of hydrogen-bond acceptors (Lipinski definition) is 3. The molecule has 1 atom stereocenters. The number of nitrogens with one attached hydrogen (secondary N) is 2. The number of rotatable bonds is 4. The van der Waals surface area contributed by atoms with Crippen LogP contribution in [0.15, 0.2) is 0 Å². The molecule has 1 aliphatic rings. The van der Waals surface area contributed by atoms with Gasteiger partial charge in [0.1, 0.15) is 0 Å². The molecule has 0 aliphatic carbocycles. The van der Waals surface area contributed by atoms with Crippen molar-refractivity contribution >= 4 is 0 Å². The standard InChI is InChI=1S/C8H19N3/c1-9-4-5-10-8-3-6-11(2)7-8/h8-10H,3-7H2,1-2H3. The molecule has 3 heteroatoms. The molecule has 0 spiro atoms. The molecular weight excluding hydrogens is 138 g/mol. The monoisotopic (exact) mass is 157 g/mol. The van der Waals surface area contributed by atoms with Gasteiger partial charge in [-0.25, -0.2) is 0 Å². The number of hydrogen-bond donors (Lipinski definition) is 2. The van der Waals surface area contributed by atoms with Gasteiger partial charge in [0.2, 0.25) is 0 Å². The molecule has 0 aromatic carbocycles. The SMILES string of the molecule is CNCCNC1CCN(C)C1. The minimum absolute atomic E-state index is 0.730. The highest BCUT2D eigenvalue weighted by molar-refractivity contribution is 4.78. The molecule has 3 nitrogen and oxygen atoms in total. The largest absolute Gasteiger partial charge is 0.318 e. The van der Waals surface area contributed by atoms with Crippen molar-refractivity contribution in [1.82, 2.24) is 15.5 Å². The minimum atomic E-state index is 0.730. The Morgan fingerprint density at radius 2 is 2.27 bits per heavy atom. The van der Waals surface area contributed by atoms with E-state index in [1.54, 1.807) is 0 Å². The van der Waals surface area contributed by atoms with Crippen molar-refractivity contribution < 1.29 is 0 Å². The van der Waals surface area contributed by atoms with E-state index in [9.17, 15) is 0 Å². The van der Waals surface area contributed by atoms with E-state index in [2.05, 4.69) is 22.6 Å². The lowest BCUT2D eigenvalue weighted by Gasteiger charge is -2.11. The highest BCUT2D eigenvalue weighted by Crippen LogP contribution is 2.04. The Balaban J connectivity index is 1.99. The summed E-state index contributed by atoms with van der Waals surface area (Å²) in [6.45, 7) is 4.62. The third-order valence-corrected chi connectivity index (χ3v) is 2.20. The maximum Gasteiger partial charge on any atom is 0.0207 e. The van der Waals surface area contributed by atoms with Gasteiger partial charge < -0.3 is 15.5 Å². The zero-order valence-electron chi connectivity index (χ0n) is 7.56. The molecule has 1 fully saturated rings. The first-order valence-corrected chi connectivity index (χ1v) is 4.39. The van der Waals surface area contributed by atoms with Gasteiger partial charge in [-0.05, 0) is 27.1 Å². The Morgan fingerprint density at radius 1 is 1.45 bits per heavy atom. The van der Waals surface area contributed by atoms with Crippen molar-refractivity contribution in [3.05, 3.63) is 0 Å². The van der Waals surface area contributed by atoms with E-state index in [0.29, 0.717) is 0 Å². The van der Waals surface area contributed by atoms with Crippen molar-refractivity contribution in [2.24, 2.45) is 0 Å². The van der Waals surface area contributed by atoms with Gasteiger partial charge in [-0.2, -0.15) is 0 Å². The molecule has 66 valence electrons. The van der Waals surface area contributed by atoms with Gasteiger partial charge in [-0.15, -0.1) is 0 Å². The van der Waals surface area contributed by atoms with Gasteiger partial charge in [0, 0.05) is 25.7 Å². The fourth-order valence-corrected chi connectivity index (χ4v) is 1.50. The van der Waals surface area contributed by atoms with Gasteiger partial charge in [-0.3, -0.25) is 0 Å². The van der Waals surface area contributed by atoms with E-state index in [-0.39, 0.29) is 0 Å². The van der Waals surface area contributed by atoms with Crippen molar-refractivity contribution in [2.45, 2.75) is 12.5 Å². The van der Waals surface area contributed by atoms with Gasteiger partial charge in [0.25, 0.3) is 0 Å². The van der Waals surface area contributed by atoms with Crippen LogP contribution in [-0.2, 0) is 0 Å². The maximum absolute atomic E-state index is 3.51. The van der Waals surface area contributed by atoms with E-state index >= 15 is 0 Å². The summed E-state index contributed by atoms with van der Waals surface area (Å²) in [6.07, 6.45) is 1.31. The van der Waals surface area contributed by atoms with E-state index in [4.69, 9.17) is 0 Å². The molecule has 1 aliphatic heterocycles. The third-order valence-electron chi connectivity index (χ3n) is 2.20. The highest BCUT2D eigenvalue weighted by atomic mass is 15.2. The van der Waals surface area contributed by atoms with E-state index < -0.39 is 0 Å². The van der Waals surface area contributed by atoms with E-state index in [1.807, 2.05) is 7.05 Å². The predicted octanol–water partition coefficient (Wildman–Crippen LogP) is -0.500. The molecule has 0 radical (unpaired) electrons.